The van der Waals surface area contributed by atoms with Gasteiger partial charge < -0.3 is 19.9 Å². The Morgan fingerprint density at radius 1 is 1.43 bits per heavy atom. The molecule has 2 N–H and O–H groups in total. The zero-order valence-electron chi connectivity index (χ0n) is 12.8. The van der Waals surface area contributed by atoms with Crippen molar-refractivity contribution < 1.29 is 19.0 Å². The molecule has 0 spiro atoms. The summed E-state index contributed by atoms with van der Waals surface area (Å²) in [5.74, 6) is 1.26. The first-order valence-electron chi connectivity index (χ1n) is 7.42. The van der Waals surface area contributed by atoms with E-state index in [0.29, 0.717) is 13.2 Å². The molecule has 2 atom stereocenters. The summed E-state index contributed by atoms with van der Waals surface area (Å²) in [5.41, 5.74) is 8.06. The summed E-state index contributed by atoms with van der Waals surface area (Å²) in [5, 5.41) is 0. The Kier molecular flexibility index (Phi) is 5.07. The van der Waals surface area contributed by atoms with Crippen LogP contribution in [-0.2, 0) is 16.0 Å². The van der Waals surface area contributed by atoms with Crippen LogP contribution in [0.25, 0.3) is 0 Å². The van der Waals surface area contributed by atoms with Crippen LogP contribution in [0.2, 0.25) is 0 Å². The van der Waals surface area contributed by atoms with Crippen LogP contribution in [0, 0.1) is 0 Å². The zero-order valence-corrected chi connectivity index (χ0v) is 12.8. The predicted octanol–water partition coefficient (Wildman–Crippen LogP) is 2.36. The minimum atomic E-state index is -0.463. The lowest BCUT2D eigenvalue weighted by Gasteiger charge is -2.17. The second kappa shape index (κ2) is 6.80. The van der Waals surface area contributed by atoms with Gasteiger partial charge in [-0.1, -0.05) is 0 Å². The van der Waals surface area contributed by atoms with Crippen molar-refractivity contribution in [3.05, 3.63) is 23.3 Å². The fraction of sp³-hybridized carbons (Fsp3) is 0.562. The maximum Gasteiger partial charge on any atom is 0.307 e. The third kappa shape index (κ3) is 3.67. The number of ether oxygens (including phenoxy) is 3. The lowest BCUT2D eigenvalue weighted by molar-refractivity contribution is -0.143. The van der Waals surface area contributed by atoms with Crippen molar-refractivity contribution in [3.8, 4) is 11.5 Å². The smallest absolute Gasteiger partial charge is 0.307 e. The summed E-state index contributed by atoms with van der Waals surface area (Å²) in [7, 11) is 0. The molecule has 1 aliphatic heterocycles. The molecule has 0 radical (unpaired) electrons. The van der Waals surface area contributed by atoms with E-state index in [9.17, 15) is 4.79 Å². The van der Waals surface area contributed by atoms with Gasteiger partial charge in [0.2, 0.25) is 0 Å². The third-order valence-corrected chi connectivity index (χ3v) is 3.42. The first kappa shape index (κ1) is 15.6. The highest BCUT2D eigenvalue weighted by Crippen LogP contribution is 2.37. The molecule has 0 saturated carbocycles. The van der Waals surface area contributed by atoms with Crippen molar-refractivity contribution in [1.82, 2.24) is 0 Å². The molecule has 1 aromatic carbocycles. The highest BCUT2D eigenvalue weighted by atomic mass is 16.5. The van der Waals surface area contributed by atoms with Crippen molar-refractivity contribution >= 4 is 5.97 Å². The fourth-order valence-corrected chi connectivity index (χ4v) is 2.53. The number of nitrogens with two attached hydrogens (primary N) is 1. The van der Waals surface area contributed by atoms with Crippen LogP contribution in [-0.4, -0.2) is 25.3 Å². The number of benzene rings is 1. The van der Waals surface area contributed by atoms with Crippen LogP contribution >= 0.6 is 0 Å². The topological polar surface area (TPSA) is 70.8 Å². The highest BCUT2D eigenvalue weighted by Gasteiger charge is 2.25. The van der Waals surface area contributed by atoms with E-state index in [4.69, 9.17) is 19.9 Å². The number of hydrogen-bond acceptors (Lipinski definition) is 5. The average Bonchev–Trinajstić information content (AvgIpc) is 2.77. The number of rotatable bonds is 6. The Labute approximate surface area is 125 Å². The fourth-order valence-electron chi connectivity index (χ4n) is 2.53. The number of hydrogen-bond donors (Lipinski definition) is 1. The first-order chi connectivity index (χ1) is 10.0. The van der Waals surface area contributed by atoms with E-state index in [2.05, 4.69) is 0 Å². The molecule has 1 aliphatic rings. The summed E-state index contributed by atoms with van der Waals surface area (Å²) < 4.78 is 16.4. The predicted molar refractivity (Wildman–Crippen MR) is 79.6 cm³/mol. The molecule has 116 valence electrons. The molecule has 0 aliphatic carbocycles. The van der Waals surface area contributed by atoms with Gasteiger partial charge in [0.25, 0.3) is 0 Å². The van der Waals surface area contributed by atoms with Gasteiger partial charge in [0.05, 0.1) is 19.6 Å². The van der Waals surface area contributed by atoms with Crippen molar-refractivity contribution in [2.75, 3.05) is 13.2 Å². The van der Waals surface area contributed by atoms with Gasteiger partial charge >= 0.3 is 5.97 Å². The van der Waals surface area contributed by atoms with E-state index < -0.39 is 6.04 Å². The van der Waals surface area contributed by atoms with Gasteiger partial charge in [-0.25, -0.2) is 0 Å². The van der Waals surface area contributed by atoms with Gasteiger partial charge in [-0.05, 0) is 32.9 Å². The second-order valence-electron chi connectivity index (χ2n) is 5.18. The van der Waals surface area contributed by atoms with E-state index in [1.54, 1.807) is 6.92 Å². The van der Waals surface area contributed by atoms with Gasteiger partial charge in [0.15, 0.2) is 0 Å². The van der Waals surface area contributed by atoms with E-state index in [1.807, 2.05) is 26.0 Å². The summed E-state index contributed by atoms with van der Waals surface area (Å²) in [6.07, 6.45) is 1.15. The maximum atomic E-state index is 11.6. The van der Waals surface area contributed by atoms with E-state index in [0.717, 1.165) is 29.0 Å². The molecule has 2 rings (SSSR count). The van der Waals surface area contributed by atoms with Crippen LogP contribution in [0.15, 0.2) is 12.1 Å². The van der Waals surface area contributed by atoms with Crippen molar-refractivity contribution in [2.45, 2.75) is 45.8 Å². The molecule has 0 aromatic heterocycles. The van der Waals surface area contributed by atoms with Crippen LogP contribution < -0.4 is 15.2 Å². The quantitative estimate of drug-likeness (QED) is 0.815. The summed E-state index contributed by atoms with van der Waals surface area (Å²) in [6, 6.07) is 3.41. The second-order valence-corrected chi connectivity index (χ2v) is 5.18. The lowest BCUT2D eigenvalue weighted by atomic mass is 10.00. The monoisotopic (exact) mass is 293 g/mol. The van der Waals surface area contributed by atoms with E-state index in [1.165, 1.54) is 0 Å². The van der Waals surface area contributed by atoms with Crippen LogP contribution in [0.1, 0.15) is 44.4 Å². The van der Waals surface area contributed by atoms with Crippen molar-refractivity contribution in [3.63, 3.8) is 0 Å². The largest absolute Gasteiger partial charge is 0.494 e. The van der Waals surface area contributed by atoms with Gasteiger partial charge in [-0.3, -0.25) is 4.79 Å². The molecule has 1 unspecified atom stereocenters. The molecular weight excluding hydrogens is 270 g/mol. The van der Waals surface area contributed by atoms with Crippen LogP contribution in [0.3, 0.4) is 0 Å². The van der Waals surface area contributed by atoms with Gasteiger partial charge in [0.1, 0.15) is 17.6 Å². The number of carbonyl (C=O) groups excluding carboxylic acids is 1. The standard InChI is InChI=1S/C16H23NO4/c1-4-19-15-7-11-6-10(3)21-14(11)8-12(15)13(17)9-16(18)20-5-2/h7-8,10,13H,4-6,9,17H2,1-3H3/t10?,13-/m1/s1. The van der Waals surface area contributed by atoms with Crippen LogP contribution in [0.5, 0.6) is 11.5 Å². The van der Waals surface area contributed by atoms with Crippen molar-refractivity contribution in [2.24, 2.45) is 5.73 Å². The van der Waals surface area contributed by atoms with Gasteiger partial charge in [-0.2, -0.15) is 0 Å². The minimum absolute atomic E-state index is 0.127. The third-order valence-electron chi connectivity index (χ3n) is 3.42. The summed E-state index contributed by atoms with van der Waals surface area (Å²) in [6.45, 7) is 6.63. The number of fused-ring (bicyclic) bond motifs is 1. The molecular formula is C16H23NO4. The zero-order chi connectivity index (χ0) is 15.4. The Morgan fingerprint density at radius 2 is 2.19 bits per heavy atom. The summed E-state index contributed by atoms with van der Waals surface area (Å²) >= 11 is 0. The highest BCUT2D eigenvalue weighted by molar-refractivity contribution is 5.70. The Bertz CT molecular complexity index is 515. The number of carbonyl (C=O) groups is 1. The Hall–Kier alpha value is -1.75. The first-order valence-corrected chi connectivity index (χ1v) is 7.42. The lowest BCUT2D eigenvalue weighted by Crippen LogP contribution is -2.18. The van der Waals surface area contributed by atoms with Gasteiger partial charge in [0, 0.05) is 23.6 Å². The molecule has 5 nitrogen and oxygen atoms in total. The Morgan fingerprint density at radius 3 is 2.86 bits per heavy atom. The SMILES string of the molecule is CCOC(=O)C[C@@H](N)c1cc2c(cc1OCC)CC(C)O2. The Balaban J connectivity index is 2.24. The number of esters is 1. The molecule has 0 bridgehead atoms. The van der Waals surface area contributed by atoms with Gasteiger partial charge in [-0.15, -0.1) is 0 Å². The molecule has 21 heavy (non-hydrogen) atoms. The average molecular weight is 293 g/mol. The molecule has 1 aromatic rings. The minimum Gasteiger partial charge on any atom is -0.494 e. The molecule has 1 heterocycles. The molecule has 5 heteroatoms. The van der Waals surface area contributed by atoms with E-state index >= 15 is 0 Å². The normalized spacial score (nSPS) is 17.8. The van der Waals surface area contributed by atoms with Crippen LogP contribution in [0.4, 0.5) is 0 Å². The molecule has 0 fully saturated rings. The molecule has 0 amide bonds. The van der Waals surface area contributed by atoms with Crippen molar-refractivity contribution in [1.29, 1.82) is 0 Å². The molecule has 0 saturated heterocycles. The summed E-state index contributed by atoms with van der Waals surface area (Å²) in [4.78, 5) is 11.6. The van der Waals surface area contributed by atoms with E-state index in [-0.39, 0.29) is 18.5 Å². The maximum absolute atomic E-state index is 11.6.